The number of aromatic nitrogens is 2. The Balaban J connectivity index is 2.07. The zero-order valence-electron chi connectivity index (χ0n) is 11.5. The number of fused-ring (bicyclic) bond motifs is 4. The Morgan fingerprint density at radius 1 is 1.32 bits per heavy atom. The van der Waals surface area contributed by atoms with Crippen LogP contribution in [0.5, 0.6) is 0 Å². The lowest BCUT2D eigenvalue weighted by Gasteiger charge is -2.24. The summed E-state index contributed by atoms with van der Waals surface area (Å²) in [6.07, 6.45) is 2.97. The Morgan fingerprint density at radius 2 is 2.05 bits per heavy atom. The smallest absolute Gasteiger partial charge is 0.338 e. The third kappa shape index (κ3) is 1.75. The molecule has 0 spiro atoms. The van der Waals surface area contributed by atoms with Crippen LogP contribution in [-0.4, -0.2) is 28.9 Å². The molecule has 5 heteroatoms. The number of esters is 1. The largest absolute Gasteiger partial charge is 0.467 e. The minimum Gasteiger partial charge on any atom is -0.467 e. The summed E-state index contributed by atoms with van der Waals surface area (Å²) in [4.78, 5) is 12.0. The van der Waals surface area contributed by atoms with E-state index >= 15 is 0 Å². The fourth-order valence-corrected chi connectivity index (χ4v) is 3.33. The highest BCUT2D eigenvalue weighted by atomic mass is 16.6. The van der Waals surface area contributed by atoms with Gasteiger partial charge in [0.1, 0.15) is 0 Å². The number of rotatable bonds is 1. The van der Waals surface area contributed by atoms with E-state index < -0.39 is 5.60 Å². The second-order valence-corrected chi connectivity index (χ2v) is 5.39. The summed E-state index contributed by atoms with van der Waals surface area (Å²) in [5.41, 5.74) is 3.42. The molecule has 2 aliphatic heterocycles. The standard InChI is InChI=1S/C14H18N2O3/c1-8-10-4-6-14(13(17)18-3)7-5-11(19-14)12(10)9(2)16-15-8/h11H,4-7H2,1-3H3/t11?,14-/m1/s1. The minimum absolute atomic E-state index is 0.0502. The van der Waals surface area contributed by atoms with Crippen LogP contribution in [0.25, 0.3) is 0 Å². The van der Waals surface area contributed by atoms with Crippen molar-refractivity contribution < 1.29 is 14.3 Å². The van der Waals surface area contributed by atoms with E-state index in [-0.39, 0.29) is 12.1 Å². The van der Waals surface area contributed by atoms with Crippen molar-refractivity contribution in [1.82, 2.24) is 10.2 Å². The van der Waals surface area contributed by atoms with Crippen molar-refractivity contribution in [2.75, 3.05) is 7.11 Å². The molecule has 0 aliphatic carbocycles. The van der Waals surface area contributed by atoms with E-state index in [4.69, 9.17) is 9.47 Å². The molecule has 0 N–H and O–H groups in total. The Labute approximate surface area is 112 Å². The fourth-order valence-electron chi connectivity index (χ4n) is 3.33. The Kier molecular flexibility index (Phi) is 2.82. The van der Waals surface area contributed by atoms with Gasteiger partial charge in [-0.05, 0) is 45.1 Å². The molecule has 0 saturated carbocycles. The van der Waals surface area contributed by atoms with Gasteiger partial charge in [-0.3, -0.25) is 0 Å². The van der Waals surface area contributed by atoms with Crippen LogP contribution in [0.15, 0.2) is 0 Å². The van der Waals surface area contributed by atoms with Crippen molar-refractivity contribution in [2.24, 2.45) is 0 Å². The summed E-state index contributed by atoms with van der Waals surface area (Å²) in [5.74, 6) is -0.251. The number of hydrogen-bond donors (Lipinski definition) is 0. The van der Waals surface area contributed by atoms with E-state index in [1.807, 2.05) is 13.8 Å². The summed E-state index contributed by atoms with van der Waals surface area (Å²) in [6.45, 7) is 3.92. The Bertz CT molecular complexity index is 544. The minimum atomic E-state index is -0.767. The molecule has 0 aromatic carbocycles. The van der Waals surface area contributed by atoms with Gasteiger partial charge in [-0.2, -0.15) is 10.2 Å². The Morgan fingerprint density at radius 3 is 2.79 bits per heavy atom. The number of hydrogen-bond acceptors (Lipinski definition) is 5. The van der Waals surface area contributed by atoms with Gasteiger partial charge in [0.05, 0.1) is 24.6 Å². The zero-order chi connectivity index (χ0) is 13.6. The number of carbonyl (C=O) groups is 1. The maximum Gasteiger partial charge on any atom is 0.338 e. The van der Waals surface area contributed by atoms with E-state index in [0.717, 1.165) is 36.2 Å². The van der Waals surface area contributed by atoms with Gasteiger partial charge >= 0.3 is 5.97 Å². The highest BCUT2D eigenvalue weighted by Crippen LogP contribution is 2.47. The molecule has 3 heterocycles. The van der Waals surface area contributed by atoms with E-state index in [1.165, 1.54) is 12.7 Å². The van der Waals surface area contributed by atoms with Crippen LogP contribution >= 0.6 is 0 Å². The first kappa shape index (κ1) is 12.5. The predicted octanol–water partition coefficient (Wildman–Crippen LogP) is 1.80. The summed E-state index contributed by atoms with van der Waals surface area (Å²) in [7, 11) is 1.42. The fraction of sp³-hybridized carbons (Fsp3) is 0.643. The highest BCUT2D eigenvalue weighted by molar-refractivity contribution is 5.80. The van der Waals surface area contributed by atoms with Crippen LogP contribution in [0.2, 0.25) is 0 Å². The van der Waals surface area contributed by atoms with Crippen molar-refractivity contribution in [3.63, 3.8) is 0 Å². The molecule has 5 nitrogen and oxygen atoms in total. The third-order valence-corrected chi connectivity index (χ3v) is 4.34. The predicted molar refractivity (Wildman–Crippen MR) is 67.6 cm³/mol. The molecule has 2 atom stereocenters. The monoisotopic (exact) mass is 262 g/mol. The number of nitrogens with zero attached hydrogens (tertiary/aromatic N) is 2. The molecule has 1 unspecified atom stereocenters. The van der Waals surface area contributed by atoms with Gasteiger partial charge in [0.25, 0.3) is 0 Å². The molecule has 102 valence electrons. The number of ether oxygens (including phenoxy) is 2. The maximum atomic E-state index is 12.0. The van der Waals surface area contributed by atoms with Gasteiger partial charge < -0.3 is 9.47 Å². The number of aryl methyl sites for hydroxylation is 2. The first-order chi connectivity index (χ1) is 9.07. The molecule has 0 amide bonds. The summed E-state index contributed by atoms with van der Waals surface area (Å²) in [5, 5.41) is 8.38. The van der Waals surface area contributed by atoms with E-state index in [9.17, 15) is 4.79 Å². The molecular weight excluding hydrogens is 244 g/mol. The van der Waals surface area contributed by atoms with Crippen molar-refractivity contribution in [3.8, 4) is 0 Å². The average molecular weight is 262 g/mol. The van der Waals surface area contributed by atoms with Crippen LogP contribution in [0.3, 0.4) is 0 Å². The molecule has 1 fully saturated rings. The first-order valence-electron chi connectivity index (χ1n) is 6.66. The topological polar surface area (TPSA) is 61.3 Å². The number of carbonyl (C=O) groups excluding carboxylic acids is 1. The highest BCUT2D eigenvalue weighted by Gasteiger charge is 2.50. The second kappa shape index (κ2) is 4.27. The molecule has 2 aliphatic rings. The molecule has 2 bridgehead atoms. The van der Waals surface area contributed by atoms with Gasteiger partial charge in [0, 0.05) is 5.56 Å². The van der Waals surface area contributed by atoms with Crippen LogP contribution in [0.4, 0.5) is 0 Å². The number of methoxy groups -OCH3 is 1. The van der Waals surface area contributed by atoms with Crippen molar-refractivity contribution in [1.29, 1.82) is 0 Å². The molecular formula is C14H18N2O3. The van der Waals surface area contributed by atoms with Crippen molar-refractivity contribution in [2.45, 2.75) is 51.2 Å². The third-order valence-electron chi connectivity index (χ3n) is 4.34. The molecule has 1 aromatic rings. The maximum absolute atomic E-state index is 12.0. The van der Waals surface area contributed by atoms with Crippen molar-refractivity contribution >= 4 is 5.97 Å². The van der Waals surface area contributed by atoms with Crippen LogP contribution in [0, 0.1) is 13.8 Å². The molecule has 19 heavy (non-hydrogen) atoms. The van der Waals surface area contributed by atoms with Crippen LogP contribution in [-0.2, 0) is 20.7 Å². The van der Waals surface area contributed by atoms with Gasteiger partial charge in [-0.15, -0.1) is 0 Å². The normalized spacial score (nSPS) is 28.7. The van der Waals surface area contributed by atoms with E-state index in [1.54, 1.807) is 0 Å². The van der Waals surface area contributed by atoms with E-state index in [0.29, 0.717) is 6.42 Å². The lowest BCUT2D eigenvalue weighted by Crippen LogP contribution is -2.39. The molecule has 3 rings (SSSR count). The summed E-state index contributed by atoms with van der Waals surface area (Å²) in [6, 6.07) is 0. The molecule has 1 aromatic heterocycles. The Hall–Kier alpha value is -1.49. The van der Waals surface area contributed by atoms with E-state index in [2.05, 4.69) is 10.2 Å². The van der Waals surface area contributed by atoms with Gasteiger partial charge in [-0.25, -0.2) is 4.79 Å². The van der Waals surface area contributed by atoms with Crippen molar-refractivity contribution in [3.05, 3.63) is 22.5 Å². The quantitative estimate of drug-likeness (QED) is 0.722. The van der Waals surface area contributed by atoms with Crippen LogP contribution in [0.1, 0.15) is 47.9 Å². The van der Waals surface area contributed by atoms with Gasteiger partial charge in [-0.1, -0.05) is 0 Å². The first-order valence-corrected chi connectivity index (χ1v) is 6.66. The lowest BCUT2D eigenvalue weighted by atomic mass is 9.86. The second-order valence-electron chi connectivity index (χ2n) is 5.39. The summed E-state index contributed by atoms with van der Waals surface area (Å²) < 4.78 is 11.0. The lowest BCUT2D eigenvalue weighted by molar-refractivity contribution is -0.168. The molecule has 1 saturated heterocycles. The van der Waals surface area contributed by atoms with Crippen LogP contribution < -0.4 is 0 Å². The summed E-state index contributed by atoms with van der Waals surface area (Å²) >= 11 is 0. The molecule has 0 radical (unpaired) electrons. The zero-order valence-corrected chi connectivity index (χ0v) is 11.5. The average Bonchev–Trinajstić information content (AvgIpc) is 2.74. The van der Waals surface area contributed by atoms with Gasteiger partial charge in [0.2, 0.25) is 0 Å². The SMILES string of the molecule is COC(=O)[C@@]12CCc3c(C)nnc(C)c3C(CC1)O2. The van der Waals surface area contributed by atoms with Gasteiger partial charge in [0.15, 0.2) is 5.60 Å².